The van der Waals surface area contributed by atoms with Gasteiger partial charge in [0.15, 0.2) is 0 Å². The molecule has 1 aromatic rings. The van der Waals surface area contributed by atoms with Gasteiger partial charge in [0.2, 0.25) is 9.47 Å². The van der Waals surface area contributed by atoms with Gasteiger partial charge in [0, 0.05) is 11.3 Å². The molecule has 0 saturated heterocycles. The quantitative estimate of drug-likeness (QED) is 0.876. The molecule has 17 heavy (non-hydrogen) atoms. The van der Waals surface area contributed by atoms with Crippen LogP contribution < -0.4 is 5.32 Å². The highest BCUT2D eigenvalue weighted by Crippen LogP contribution is 2.29. The minimum Gasteiger partial charge on any atom is -0.349 e. The Morgan fingerprint density at radius 1 is 1.47 bits per heavy atom. The third-order valence-electron chi connectivity index (χ3n) is 2.89. The normalized spacial score (nSPS) is 11.5. The van der Waals surface area contributed by atoms with Crippen molar-refractivity contribution >= 4 is 40.6 Å². The molecular formula is C10H16ClN3OS2. The van der Waals surface area contributed by atoms with Crippen LogP contribution in [0.1, 0.15) is 36.5 Å². The first-order chi connectivity index (χ1) is 8.06. The maximum Gasteiger partial charge on any atom is 0.282 e. The zero-order valence-corrected chi connectivity index (χ0v) is 12.5. The van der Waals surface area contributed by atoms with E-state index in [0.717, 1.165) is 24.2 Å². The summed E-state index contributed by atoms with van der Waals surface area (Å²) in [5.41, 5.74) is 0. The van der Waals surface area contributed by atoms with E-state index in [1.807, 2.05) is 0 Å². The first-order valence-electron chi connectivity index (χ1n) is 5.39. The van der Waals surface area contributed by atoms with Gasteiger partial charge in [0.25, 0.3) is 5.91 Å². The maximum absolute atomic E-state index is 11.8. The lowest BCUT2D eigenvalue weighted by Crippen LogP contribution is -2.39. The third kappa shape index (κ3) is 3.82. The summed E-state index contributed by atoms with van der Waals surface area (Å²) in [7, 11) is 0. The smallest absolute Gasteiger partial charge is 0.282 e. The van der Waals surface area contributed by atoms with Crippen molar-refractivity contribution in [2.24, 2.45) is 0 Å². The number of hydrogen-bond donors (Lipinski definition) is 1. The number of aromatic nitrogens is 2. The number of rotatable bonds is 6. The highest BCUT2D eigenvalue weighted by molar-refractivity contribution is 8.00. The molecule has 0 aliphatic heterocycles. The van der Waals surface area contributed by atoms with Gasteiger partial charge < -0.3 is 5.32 Å². The van der Waals surface area contributed by atoms with Crippen LogP contribution in [0.25, 0.3) is 0 Å². The Balaban J connectivity index is 2.58. The van der Waals surface area contributed by atoms with Crippen LogP contribution in [0, 0.1) is 0 Å². The fourth-order valence-electron chi connectivity index (χ4n) is 1.47. The molecule has 0 aromatic carbocycles. The van der Waals surface area contributed by atoms with E-state index < -0.39 is 0 Å². The molecule has 4 nitrogen and oxygen atoms in total. The van der Waals surface area contributed by atoms with E-state index in [9.17, 15) is 4.79 Å². The van der Waals surface area contributed by atoms with E-state index in [1.54, 1.807) is 11.8 Å². The molecule has 1 aromatic heterocycles. The monoisotopic (exact) mass is 293 g/mol. The maximum atomic E-state index is 11.8. The highest BCUT2D eigenvalue weighted by atomic mass is 35.5. The molecule has 0 bridgehead atoms. The molecule has 0 unspecified atom stereocenters. The lowest BCUT2D eigenvalue weighted by molar-refractivity contribution is 0.0948. The molecule has 0 atom stereocenters. The van der Waals surface area contributed by atoms with Crippen molar-refractivity contribution in [1.29, 1.82) is 0 Å². The summed E-state index contributed by atoms with van der Waals surface area (Å²) in [6.07, 6.45) is 4.10. The van der Waals surface area contributed by atoms with Crippen LogP contribution in [0.5, 0.6) is 0 Å². The van der Waals surface area contributed by atoms with Crippen molar-refractivity contribution in [2.75, 3.05) is 12.8 Å². The number of carbonyl (C=O) groups is 1. The second-order valence-electron chi connectivity index (χ2n) is 3.64. The van der Waals surface area contributed by atoms with E-state index in [4.69, 9.17) is 11.6 Å². The predicted octanol–water partition coefficient (Wildman–Crippen LogP) is 2.84. The summed E-state index contributed by atoms with van der Waals surface area (Å²) in [5.74, 6) is -0.199. The minimum atomic E-state index is -0.199. The topological polar surface area (TPSA) is 54.9 Å². The standard InChI is InChI=1S/C10H16ClN3OS2/c1-4-10(5-2,16-3)6-12-7(15)8-13-14-9(11)17-8/h4-6H2,1-3H3,(H,12,15). The van der Waals surface area contributed by atoms with Gasteiger partial charge in [-0.2, -0.15) is 11.8 Å². The van der Waals surface area contributed by atoms with Crippen LogP contribution in [-0.2, 0) is 0 Å². The van der Waals surface area contributed by atoms with Crippen molar-refractivity contribution in [3.63, 3.8) is 0 Å². The van der Waals surface area contributed by atoms with Gasteiger partial charge in [0.05, 0.1) is 0 Å². The second kappa shape index (κ2) is 6.56. The molecule has 0 aliphatic carbocycles. The van der Waals surface area contributed by atoms with Crippen molar-refractivity contribution in [3.05, 3.63) is 9.47 Å². The predicted molar refractivity (Wildman–Crippen MR) is 74.1 cm³/mol. The summed E-state index contributed by atoms with van der Waals surface area (Å²) >= 11 is 8.52. The Labute approximate surface area is 115 Å². The van der Waals surface area contributed by atoms with Gasteiger partial charge in [-0.05, 0) is 30.7 Å². The number of carbonyl (C=O) groups excluding carboxylic acids is 1. The number of nitrogens with zero attached hydrogens (tertiary/aromatic N) is 2. The average molecular weight is 294 g/mol. The first-order valence-corrected chi connectivity index (χ1v) is 7.81. The summed E-state index contributed by atoms with van der Waals surface area (Å²) < 4.78 is 0.390. The SMILES string of the molecule is CCC(CC)(CNC(=O)c1nnc(Cl)s1)SC. The number of thioether (sulfide) groups is 1. The van der Waals surface area contributed by atoms with Gasteiger partial charge in [0.1, 0.15) is 0 Å². The van der Waals surface area contributed by atoms with Crippen LogP contribution in [0.4, 0.5) is 0 Å². The lowest BCUT2D eigenvalue weighted by Gasteiger charge is -2.29. The third-order valence-corrected chi connectivity index (χ3v) is 5.49. The minimum absolute atomic E-state index is 0.101. The Morgan fingerprint density at radius 2 is 2.12 bits per heavy atom. The van der Waals surface area contributed by atoms with E-state index in [-0.39, 0.29) is 15.1 Å². The molecule has 7 heteroatoms. The van der Waals surface area contributed by atoms with Crippen molar-refractivity contribution in [1.82, 2.24) is 15.5 Å². The molecule has 0 aliphatic rings. The summed E-state index contributed by atoms with van der Waals surface area (Å²) in [6, 6.07) is 0. The second-order valence-corrected chi connectivity index (χ2v) is 6.47. The van der Waals surface area contributed by atoms with Gasteiger partial charge >= 0.3 is 0 Å². The summed E-state index contributed by atoms with van der Waals surface area (Å²) in [5, 5.41) is 10.5. The van der Waals surface area contributed by atoms with Gasteiger partial charge in [-0.1, -0.05) is 25.2 Å². The Morgan fingerprint density at radius 3 is 2.53 bits per heavy atom. The fraction of sp³-hybridized carbons (Fsp3) is 0.700. The summed E-state index contributed by atoms with van der Waals surface area (Å²) in [6.45, 7) is 4.90. The van der Waals surface area contributed by atoms with Crippen LogP contribution in [-0.4, -0.2) is 33.7 Å². The van der Waals surface area contributed by atoms with Crippen LogP contribution >= 0.6 is 34.7 Å². The fourth-order valence-corrected chi connectivity index (χ4v) is 3.01. The molecule has 1 rings (SSSR count). The van der Waals surface area contributed by atoms with Crippen LogP contribution in [0.3, 0.4) is 0 Å². The van der Waals surface area contributed by atoms with E-state index >= 15 is 0 Å². The van der Waals surface area contributed by atoms with Crippen molar-refractivity contribution in [3.8, 4) is 0 Å². The number of amides is 1. The number of hydrogen-bond acceptors (Lipinski definition) is 5. The van der Waals surface area contributed by atoms with Crippen LogP contribution in [0.15, 0.2) is 0 Å². The average Bonchev–Trinajstić information content (AvgIpc) is 2.78. The summed E-state index contributed by atoms with van der Waals surface area (Å²) in [4.78, 5) is 11.8. The molecule has 96 valence electrons. The van der Waals surface area contributed by atoms with Gasteiger partial charge in [-0.3, -0.25) is 4.79 Å². The largest absolute Gasteiger partial charge is 0.349 e. The van der Waals surface area contributed by atoms with Gasteiger partial charge in [-0.15, -0.1) is 10.2 Å². The molecule has 1 amide bonds. The van der Waals surface area contributed by atoms with Gasteiger partial charge in [-0.25, -0.2) is 0 Å². The molecule has 0 saturated carbocycles. The van der Waals surface area contributed by atoms with Crippen molar-refractivity contribution in [2.45, 2.75) is 31.4 Å². The van der Waals surface area contributed by atoms with Crippen LogP contribution in [0.2, 0.25) is 4.47 Å². The Bertz CT molecular complexity index is 371. The lowest BCUT2D eigenvalue weighted by atomic mass is 10.0. The molecule has 1 N–H and O–H groups in total. The highest BCUT2D eigenvalue weighted by Gasteiger charge is 2.26. The molecule has 0 radical (unpaired) electrons. The zero-order valence-electron chi connectivity index (χ0n) is 10.1. The van der Waals surface area contributed by atoms with E-state index in [0.29, 0.717) is 11.6 Å². The molecule has 1 heterocycles. The van der Waals surface area contributed by atoms with E-state index in [1.165, 1.54) is 0 Å². The first kappa shape index (κ1) is 14.7. The zero-order chi connectivity index (χ0) is 12.9. The Hall–Kier alpha value is -0.330. The number of nitrogens with one attached hydrogen (secondary N) is 1. The number of halogens is 1. The Kier molecular flexibility index (Phi) is 5.69. The molecular weight excluding hydrogens is 278 g/mol. The van der Waals surface area contributed by atoms with E-state index in [2.05, 4.69) is 35.6 Å². The molecule has 0 fully saturated rings. The molecule has 0 spiro atoms. The van der Waals surface area contributed by atoms with Crippen molar-refractivity contribution < 1.29 is 4.79 Å².